The van der Waals surface area contributed by atoms with E-state index < -0.39 is 28.5 Å². The minimum Gasteiger partial charge on any atom is -0.489 e. The van der Waals surface area contributed by atoms with E-state index in [1.54, 1.807) is 31.2 Å². The molecule has 0 aromatic heterocycles. The molecule has 0 saturated carbocycles. The smallest absolute Gasteiger partial charge is 0.244 e. The molecule has 0 spiro atoms. The van der Waals surface area contributed by atoms with Gasteiger partial charge in [-0.15, -0.1) is 0 Å². The van der Waals surface area contributed by atoms with Crippen molar-refractivity contribution in [3.05, 3.63) is 95.6 Å². The van der Waals surface area contributed by atoms with Crippen LogP contribution >= 0.6 is 0 Å². The van der Waals surface area contributed by atoms with E-state index in [-0.39, 0.29) is 12.5 Å². The van der Waals surface area contributed by atoms with Crippen molar-refractivity contribution in [2.45, 2.75) is 46.4 Å². The molecular formula is C30H37N3O5S. The van der Waals surface area contributed by atoms with Crippen molar-refractivity contribution < 1.29 is 22.7 Å². The van der Waals surface area contributed by atoms with Crippen LogP contribution in [0.4, 0.5) is 5.69 Å². The lowest BCUT2D eigenvalue weighted by Gasteiger charge is -2.32. The van der Waals surface area contributed by atoms with Crippen LogP contribution in [0.25, 0.3) is 0 Å². The van der Waals surface area contributed by atoms with Gasteiger partial charge in [0, 0.05) is 13.1 Å². The molecule has 0 unspecified atom stereocenters. The van der Waals surface area contributed by atoms with E-state index in [1.807, 2.05) is 68.4 Å². The zero-order valence-corrected chi connectivity index (χ0v) is 23.8. The Kier molecular flexibility index (Phi) is 10.5. The second-order valence-electron chi connectivity index (χ2n) is 9.45. The van der Waals surface area contributed by atoms with Crippen LogP contribution in [0.2, 0.25) is 0 Å². The Bertz CT molecular complexity index is 1340. The standard InChI is InChI=1S/C30H37N3O5S/c1-5-19-31-30(35)24(3)32(20-26-14-10-9-11-23(26)2)29(34)21-33(39(4,36)37)27-15-17-28(18-16-27)38-22-25-12-7-6-8-13-25/h6-18,24H,5,19-22H2,1-4H3,(H,31,35)/t24-/m0/s1. The van der Waals surface area contributed by atoms with Gasteiger partial charge in [-0.05, 0) is 61.2 Å². The maximum absolute atomic E-state index is 13.7. The fourth-order valence-corrected chi connectivity index (χ4v) is 4.86. The number of hydrogen-bond acceptors (Lipinski definition) is 5. The van der Waals surface area contributed by atoms with E-state index >= 15 is 0 Å². The third-order valence-corrected chi connectivity index (χ3v) is 7.51. The van der Waals surface area contributed by atoms with Crippen LogP contribution in [0.5, 0.6) is 5.75 Å². The van der Waals surface area contributed by atoms with Crippen molar-refractivity contribution in [3.8, 4) is 5.75 Å². The molecule has 0 bridgehead atoms. The van der Waals surface area contributed by atoms with E-state index in [0.717, 1.165) is 33.7 Å². The molecule has 0 fully saturated rings. The molecule has 3 aromatic carbocycles. The molecule has 9 heteroatoms. The van der Waals surface area contributed by atoms with E-state index in [0.29, 0.717) is 24.6 Å². The summed E-state index contributed by atoms with van der Waals surface area (Å²) < 4.78 is 32.4. The molecule has 3 rings (SSSR count). The second-order valence-corrected chi connectivity index (χ2v) is 11.4. The molecule has 0 aliphatic rings. The van der Waals surface area contributed by atoms with Crippen LogP contribution in [0.1, 0.15) is 37.0 Å². The lowest BCUT2D eigenvalue weighted by molar-refractivity contribution is -0.139. The van der Waals surface area contributed by atoms with Crippen LogP contribution in [0.15, 0.2) is 78.9 Å². The van der Waals surface area contributed by atoms with Gasteiger partial charge in [-0.1, -0.05) is 61.5 Å². The number of aryl methyl sites for hydroxylation is 1. The van der Waals surface area contributed by atoms with Crippen molar-refractivity contribution in [1.29, 1.82) is 0 Å². The first kappa shape index (κ1) is 29.7. The first-order valence-electron chi connectivity index (χ1n) is 13.0. The highest BCUT2D eigenvalue weighted by Gasteiger charge is 2.30. The number of anilines is 1. The van der Waals surface area contributed by atoms with Gasteiger partial charge in [0.2, 0.25) is 21.8 Å². The minimum atomic E-state index is -3.81. The monoisotopic (exact) mass is 551 g/mol. The average Bonchev–Trinajstić information content (AvgIpc) is 2.93. The zero-order chi connectivity index (χ0) is 28.4. The van der Waals surface area contributed by atoms with Crippen LogP contribution in [-0.2, 0) is 32.8 Å². The molecule has 8 nitrogen and oxygen atoms in total. The van der Waals surface area contributed by atoms with Gasteiger partial charge in [0.1, 0.15) is 24.9 Å². The van der Waals surface area contributed by atoms with Gasteiger partial charge >= 0.3 is 0 Å². The van der Waals surface area contributed by atoms with Crippen molar-refractivity contribution >= 4 is 27.5 Å². The van der Waals surface area contributed by atoms with Gasteiger partial charge in [-0.3, -0.25) is 13.9 Å². The molecule has 0 aliphatic heterocycles. The van der Waals surface area contributed by atoms with Gasteiger partial charge in [-0.25, -0.2) is 8.42 Å². The molecule has 0 radical (unpaired) electrons. The molecule has 0 saturated heterocycles. The summed E-state index contributed by atoms with van der Waals surface area (Å²) in [6.45, 7) is 6.14. The van der Waals surface area contributed by atoms with Crippen molar-refractivity contribution in [2.75, 3.05) is 23.7 Å². The first-order chi connectivity index (χ1) is 18.6. The molecule has 0 heterocycles. The molecule has 3 aromatic rings. The number of hydrogen-bond donors (Lipinski definition) is 1. The Labute approximate surface area is 231 Å². The van der Waals surface area contributed by atoms with Crippen LogP contribution in [-0.4, -0.2) is 50.5 Å². The van der Waals surface area contributed by atoms with Crippen LogP contribution in [0.3, 0.4) is 0 Å². The summed E-state index contributed by atoms with van der Waals surface area (Å²) in [5.41, 5.74) is 3.20. The number of sulfonamides is 1. The predicted molar refractivity (Wildman–Crippen MR) is 154 cm³/mol. The SMILES string of the molecule is CCCNC(=O)[C@H](C)N(Cc1ccccc1C)C(=O)CN(c1ccc(OCc2ccccc2)cc1)S(C)(=O)=O. The van der Waals surface area contributed by atoms with Crippen LogP contribution in [0, 0.1) is 6.92 Å². The first-order valence-corrected chi connectivity index (χ1v) is 14.8. The number of benzene rings is 3. The normalized spacial score (nSPS) is 11.9. The molecular weight excluding hydrogens is 514 g/mol. The van der Waals surface area contributed by atoms with E-state index in [4.69, 9.17) is 4.74 Å². The Morgan fingerprint density at radius 1 is 0.949 bits per heavy atom. The highest BCUT2D eigenvalue weighted by molar-refractivity contribution is 7.92. The summed E-state index contributed by atoms with van der Waals surface area (Å²) in [7, 11) is -3.81. The van der Waals surface area contributed by atoms with Crippen molar-refractivity contribution in [1.82, 2.24) is 10.2 Å². The van der Waals surface area contributed by atoms with Gasteiger partial charge in [0.15, 0.2) is 0 Å². The van der Waals surface area contributed by atoms with E-state index in [1.165, 1.54) is 4.90 Å². The fraction of sp³-hybridized carbons (Fsp3) is 0.333. The van der Waals surface area contributed by atoms with Crippen molar-refractivity contribution in [3.63, 3.8) is 0 Å². The summed E-state index contributed by atoms with van der Waals surface area (Å²) in [6, 6.07) is 23.1. The molecule has 208 valence electrons. The maximum atomic E-state index is 13.7. The number of nitrogens with one attached hydrogen (secondary N) is 1. The number of nitrogens with zero attached hydrogens (tertiary/aromatic N) is 2. The topological polar surface area (TPSA) is 96.0 Å². The lowest BCUT2D eigenvalue weighted by Crippen LogP contribution is -2.51. The van der Waals surface area contributed by atoms with Gasteiger partial charge in [0.05, 0.1) is 11.9 Å². The maximum Gasteiger partial charge on any atom is 0.244 e. The second kappa shape index (κ2) is 13.8. The Morgan fingerprint density at radius 3 is 2.21 bits per heavy atom. The van der Waals surface area contributed by atoms with Gasteiger partial charge < -0.3 is 15.0 Å². The third kappa shape index (κ3) is 8.58. The summed E-state index contributed by atoms with van der Waals surface area (Å²) in [4.78, 5) is 27.9. The predicted octanol–water partition coefficient (Wildman–Crippen LogP) is 4.28. The number of carbonyl (C=O) groups excluding carboxylic acids is 2. The summed E-state index contributed by atoms with van der Waals surface area (Å²) in [5, 5.41) is 2.83. The Hall–Kier alpha value is -3.85. The largest absolute Gasteiger partial charge is 0.489 e. The van der Waals surface area contributed by atoms with Crippen molar-refractivity contribution in [2.24, 2.45) is 0 Å². The third-order valence-electron chi connectivity index (χ3n) is 6.37. The van der Waals surface area contributed by atoms with E-state index in [2.05, 4.69) is 5.32 Å². The number of carbonyl (C=O) groups is 2. The molecule has 2 amide bonds. The molecule has 39 heavy (non-hydrogen) atoms. The summed E-state index contributed by atoms with van der Waals surface area (Å²) >= 11 is 0. The number of rotatable bonds is 13. The highest BCUT2D eigenvalue weighted by atomic mass is 32.2. The average molecular weight is 552 g/mol. The number of ether oxygens (including phenoxy) is 1. The fourth-order valence-electron chi connectivity index (χ4n) is 4.01. The minimum absolute atomic E-state index is 0.177. The molecule has 0 aliphatic carbocycles. The van der Waals surface area contributed by atoms with Gasteiger partial charge in [0.25, 0.3) is 0 Å². The van der Waals surface area contributed by atoms with Crippen LogP contribution < -0.4 is 14.4 Å². The molecule has 1 atom stereocenters. The van der Waals surface area contributed by atoms with E-state index in [9.17, 15) is 18.0 Å². The number of amides is 2. The molecule has 1 N–H and O–H groups in total. The zero-order valence-electron chi connectivity index (χ0n) is 23.0. The lowest BCUT2D eigenvalue weighted by atomic mass is 10.1. The quantitative estimate of drug-likeness (QED) is 0.342. The summed E-state index contributed by atoms with van der Waals surface area (Å²) in [6.07, 6.45) is 1.82. The Balaban J connectivity index is 1.82. The van der Waals surface area contributed by atoms with Gasteiger partial charge in [-0.2, -0.15) is 0 Å². The Morgan fingerprint density at radius 2 is 1.59 bits per heavy atom. The summed E-state index contributed by atoms with van der Waals surface area (Å²) in [5.74, 6) is -0.193. The highest BCUT2D eigenvalue weighted by Crippen LogP contribution is 2.23.